The van der Waals surface area contributed by atoms with Crippen LogP contribution in [0.25, 0.3) is 0 Å². The van der Waals surface area contributed by atoms with Gasteiger partial charge < -0.3 is 21.3 Å². The molecule has 0 fully saturated rings. The predicted octanol–water partition coefficient (Wildman–Crippen LogP) is 4.02. The monoisotopic (exact) mass is 442 g/mol. The zero-order valence-electron chi connectivity index (χ0n) is 18.0. The maximum atomic E-state index is 13.2. The number of hydrogen-bond donors (Lipinski definition) is 3. The van der Waals surface area contributed by atoms with Gasteiger partial charge in [0.05, 0.1) is 22.6 Å². The molecule has 0 radical (unpaired) electrons. The molecule has 1 atom stereocenters. The highest BCUT2D eigenvalue weighted by molar-refractivity contribution is 7.09. The van der Waals surface area contributed by atoms with Gasteiger partial charge in [-0.25, -0.2) is 0 Å². The molecule has 0 saturated heterocycles. The molecule has 4 N–H and O–H groups in total. The van der Waals surface area contributed by atoms with Crippen molar-refractivity contribution in [2.75, 3.05) is 22.5 Å². The second-order valence-corrected chi connectivity index (χ2v) is 9.01. The Morgan fingerprint density at radius 3 is 2.68 bits per heavy atom. The van der Waals surface area contributed by atoms with E-state index >= 15 is 0 Å². The Kier molecular flexibility index (Phi) is 7.68. The van der Waals surface area contributed by atoms with Gasteiger partial charge in [0.15, 0.2) is 0 Å². The number of carbonyl (C=O) groups is 3. The lowest BCUT2D eigenvalue weighted by Gasteiger charge is -2.26. The number of para-hydroxylation sites is 1. The van der Waals surface area contributed by atoms with E-state index in [4.69, 9.17) is 5.73 Å². The summed E-state index contributed by atoms with van der Waals surface area (Å²) in [7, 11) is 0. The number of nitrogens with one attached hydrogen (secondary N) is 2. The van der Waals surface area contributed by atoms with Crippen LogP contribution in [0.15, 0.2) is 35.0 Å². The lowest BCUT2D eigenvalue weighted by molar-refractivity contribution is -0.120. The molecule has 2 aromatic rings. The van der Waals surface area contributed by atoms with Gasteiger partial charge in [-0.1, -0.05) is 32.4 Å². The number of nitrogen functional groups attached to an aromatic ring is 1. The van der Waals surface area contributed by atoms with E-state index < -0.39 is 6.04 Å². The van der Waals surface area contributed by atoms with Gasteiger partial charge >= 0.3 is 0 Å². The van der Waals surface area contributed by atoms with Crippen LogP contribution in [0.4, 0.5) is 17.1 Å². The molecule has 3 rings (SSSR count). The summed E-state index contributed by atoms with van der Waals surface area (Å²) in [5.74, 6) is -0.0553. The lowest BCUT2D eigenvalue weighted by atomic mass is 10.0. The normalized spacial score (nSPS) is 16.1. The van der Waals surface area contributed by atoms with E-state index in [2.05, 4.69) is 10.6 Å². The van der Waals surface area contributed by atoms with Crippen LogP contribution in [0.1, 0.15) is 56.3 Å². The Balaban J connectivity index is 1.57. The molecule has 31 heavy (non-hydrogen) atoms. The third-order valence-electron chi connectivity index (χ3n) is 5.27. The van der Waals surface area contributed by atoms with Crippen molar-refractivity contribution in [3.05, 3.63) is 40.6 Å². The number of benzene rings is 1. The number of hydrogen-bond acceptors (Lipinski definition) is 5. The minimum Gasteiger partial charge on any atom is -0.396 e. The number of amides is 3. The molecule has 7 nitrogen and oxygen atoms in total. The van der Waals surface area contributed by atoms with Crippen molar-refractivity contribution < 1.29 is 14.4 Å². The summed E-state index contributed by atoms with van der Waals surface area (Å²) < 4.78 is 0. The maximum absolute atomic E-state index is 13.2. The summed E-state index contributed by atoms with van der Waals surface area (Å²) in [6.07, 6.45) is 3.26. The summed E-state index contributed by atoms with van der Waals surface area (Å²) in [5.41, 5.74) is 8.21. The van der Waals surface area contributed by atoms with Gasteiger partial charge in [0.2, 0.25) is 11.8 Å². The van der Waals surface area contributed by atoms with Crippen LogP contribution < -0.4 is 21.3 Å². The van der Waals surface area contributed by atoms with E-state index in [1.54, 1.807) is 16.3 Å². The Labute approximate surface area is 187 Å². The quantitative estimate of drug-likeness (QED) is 0.510. The second kappa shape index (κ2) is 10.4. The first-order valence-electron chi connectivity index (χ1n) is 10.7. The number of thiophene rings is 1. The predicted molar refractivity (Wildman–Crippen MR) is 125 cm³/mol. The van der Waals surface area contributed by atoms with E-state index in [-0.39, 0.29) is 23.6 Å². The summed E-state index contributed by atoms with van der Waals surface area (Å²) in [6.45, 7) is 4.59. The average molecular weight is 443 g/mol. The molecule has 0 aliphatic carbocycles. The van der Waals surface area contributed by atoms with Gasteiger partial charge in [0.1, 0.15) is 6.04 Å². The summed E-state index contributed by atoms with van der Waals surface area (Å²) in [5, 5.41) is 9.33. The fraction of sp³-hybridized carbons (Fsp3) is 0.435. The summed E-state index contributed by atoms with van der Waals surface area (Å²) >= 11 is 1.45. The molecule has 0 bridgehead atoms. The molecule has 1 aromatic carbocycles. The van der Waals surface area contributed by atoms with E-state index in [1.807, 2.05) is 37.4 Å². The molecule has 0 saturated carbocycles. The molecule has 1 aliphatic heterocycles. The summed E-state index contributed by atoms with van der Waals surface area (Å²) in [4.78, 5) is 39.7. The number of unbranched alkanes of at least 4 members (excludes halogenated alkanes) is 2. The number of carbonyl (C=O) groups excluding carboxylic acids is 3. The van der Waals surface area contributed by atoms with Crippen molar-refractivity contribution in [1.29, 1.82) is 0 Å². The number of rotatable bonds is 9. The highest BCUT2D eigenvalue weighted by Gasteiger charge is 2.33. The minimum absolute atomic E-state index is 0.0620. The van der Waals surface area contributed by atoms with Crippen molar-refractivity contribution in [2.24, 2.45) is 5.92 Å². The van der Waals surface area contributed by atoms with Crippen LogP contribution >= 0.6 is 11.3 Å². The van der Waals surface area contributed by atoms with Crippen LogP contribution in [0.3, 0.4) is 0 Å². The fourth-order valence-corrected chi connectivity index (χ4v) is 4.39. The van der Waals surface area contributed by atoms with Gasteiger partial charge in [-0.15, -0.1) is 11.3 Å². The molecule has 2 heterocycles. The highest BCUT2D eigenvalue weighted by Crippen LogP contribution is 2.26. The van der Waals surface area contributed by atoms with Crippen LogP contribution in [-0.4, -0.2) is 30.3 Å². The summed E-state index contributed by atoms with van der Waals surface area (Å²) in [6, 6.07) is 6.70. The molecular formula is C23H30N4O3S. The molecule has 166 valence electrons. The molecule has 1 aliphatic rings. The zero-order valence-corrected chi connectivity index (χ0v) is 18.8. The standard InChI is InChI=1S/C23H30N4O3S/c1-15(2)12-18-23(30)27(20-9-6-5-8-16(20)22(29)26-18)11-7-3-4-10-21(28)25-19-14-31-13-17(19)24/h5-6,8-9,13-15,18H,3-4,7,10-12,24H2,1-2H3,(H,25,28)(H,26,29). The fourth-order valence-electron chi connectivity index (χ4n) is 3.72. The van der Waals surface area contributed by atoms with Gasteiger partial charge in [-0.3, -0.25) is 14.4 Å². The first-order chi connectivity index (χ1) is 14.9. The average Bonchev–Trinajstić information content (AvgIpc) is 3.09. The highest BCUT2D eigenvalue weighted by atomic mass is 32.1. The van der Waals surface area contributed by atoms with Gasteiger partial charge in [-0.05, 0) is 37.3 Å². The lowest BCUT2D eigenvalue weighted by Crippen LogP contribution is -2.46. The molecule has 1 aromatic heterocycles. The third kappa shape index (κ3) is 5.85. The number of fused-ring (bicyclic) bond motifs is 1. The van der Waals surface area contributed by atoms with E-state index in [0.29, 0.717) is 48.4 Å². The van der Waals surface area contributed by atoms with Crippen LogP contribution in [-0.2, 0) is 9.59 Å². The second-order valence-electron chi connectivity index (χ2n) is 8.26. The van der Waals surface area contributed by atoms with Crippen LogP contribution in [0, 0.1) is 5.92 Å². The molecule has 1 unspecified atom stereocenters. The number of nitrogens with two attached hydrogens (primary N) is 1. The Bertz CT molecular complexity index is 940. The van der Waals surface area contributed by atoms with Gasteiger partial charge in [-0.2, -0.15) is 0 Å². The van der Waals surface area contributed by atoms with Crippen molar-refractivity contribution >= 4 is 46.1 Å². The Morgan fingerprint density at radius 2 is 1.97 bits per heavy atom. The largest absolute Gasteiger partial charge is 0.396 e. The molecule has 8 heteroatoms. The van der Waals surface area contributed by atoms with Crippen molar-refractivity contribution in [1.82, 2.24) is 5.32 Å². The zero-order chi connectivity index (χ0) is 22.4. The minimum atomic E-state index is -0.526. The van der Waals surface area contributed by atoms with Crippen molar-refractivity contribution in [3.63, 3.8) is 0 Å². The Hall–Kier alpha value is -2.87. The Morgan fingerprint density at radius 1 is 1.19 bits per heavy atom. The first kappa shape index (κ1) is 22.8. The molecule has 0 spiro atoms. The third-order valence-corrected chi connectivity index (χ3v) is 6.03. The molecular weight excluding hydrogens is 412 g/mol. The SMILES string of the molecule is CC(C)CC1NC(=O)c2ccccc2N(CCCCCC(=O)Nc2cscc2N)C1=O. The van der Waals surface area contributed by atoms with Crippen LogP contribution in [0.2, 0.25) is 0 Å². The van der Waals surface area contributed by atoms with Gasteiger partial charge in [0.25, 0.3) is 5.91 Å². The molecule has 3 amide bonds. The smallest absolute Gasteiger partial charge is 0.254 e. The van der Waals surface area contributed by atoms with E-state index in [9.17, 15) is 14.4 Å². The topological polar surface area (TPSA) is 105 Å². The van der Waals surface area contributed by atoms with E-state index in [0.717, 1.165) is 12.8 Å². The van der Waals surface area contributed by atoms with Crippen molar-refractivity contribution in [3.8, 4) is 0 Å². The van der Waals surface area contributed by atoms with Crippen molar-refractivity contribution in [2.45, 2.75) is 52.0 Å². The number of nitrogens with zero attached hydrogens (tertiary/aromatic N) is 1. The van der Waals surface area contributed by atoms with E-state index in [1.165, 1.54) is 11.3 Å². The van der Waals surface area contributed by atoms with Gasteiger partial charge in [0, 0.05) is 23.7 Å². The number of anilines is 3. The first-order valence-corrected chi connectivity index (χ1v) is 11.6. The van der Waals surface area contributed by atoms with Crippen LogP contribution in [0.5, 0.6) is 0 Å². The maximum Gasteiger partial charge on any atom is 0.254 e.